The highest BCUT2D eigenvalue weighted by Gasteiger charge is 2.11. The summed E-state index contributed by atoms with van der Waals surface area (Å²) in [7, 11) is 0. The van der Waals surface area contributed by atoms with Crippen molar-refractivity contribution in [2.75, 3.05) is 0 Å². The van der Waals surface area contributed by atoms with Gasteiger partial charge in [0, 0.05) is 0 Å². The molecule has 0 unspecified atom stereocenters. The number of phenolic OH excluding ortho intramolecular Hbond substituents is 1. The van der Waals surface area contributed by atoms with Crippen LogP contribution in [0.25, 0.3) is 11.1 Å². The zero-order valence-corrected chi connectivity index (χ0v) is 14.8. The highest BCUT2D eigenvalue weighted by atomic mass is 16.3. The Morgan fingerprint density at radius 1 is 0.600 bits per heavy atom. The maximum atomic E-state index is 10.5. The first-order valence-corrected chi connectivity index (χ1v) is 8.54. The molecular weight excluding hydrogens is 304 g/mol. The van der Waals surface area contributed by atoms with Gasteiger partial charge in [0.15, 0.2) is 0 Å². The van der Waals surface area contributed by atoms with Gasteiger partial charge in [-0.3, -0.25) is 0 Å². The summed E-state index contributed by atoms with van der Waals surface area (Å²) in [5.41, 5.74) is 6.49. The van der Waals surface area contributed by atoms with Crippen LogP contribution in [0.2, 0.25) is 0 Å². The Hall–Kier alpha value is -2.80. The molecule has 0 heterocycles. The van der Waals surface area contributed by atoms with Gasteiger partial charge < -0.3 is 5.11 Å². The highest BCUT2D eigenvalue weighted by molar-refractivity contribution is 5.69. The van der Waals surface area contributed by atoms with Crippen LogP contribution in [-0.4, -0.2) is 5.11 Å². The lowest BCUT2D eigenvalue weighted by atomic mass is 9.92. The molecule has 0 spiro atoms. The monoisotopic (exact) mass is 330 g/mol. The van der Waals surface area contributed by atoms with E-state index in [0.29, 0.717) is 18.6 Å². The number of aromatic hydroxyl groups is 1. The molecule has 0 bridgehead atoms. The fraction of sp³-hybridized carbons (Fsp3) is 0.167. The summed E-state index contributed by atoms with van der Waals surface area (Å²) >= 11 is 0. The molecule has 1 nitrogen and oxygen atoms in total. The topological polar surface area (TPSA) is 20.2 Å². The van der Waals surface area contributed by atoms with Crippen LogP contribution >= 0.6 is 0 Å². The Labute approximate surface area is 151 Å². The van der Waals surface area contributed by atoms with Gasteiger partial charge in [0.25, 0.3) is 0 Å². The van der Waals surface area contributed by atoms with E-state index >= 15 is 0 Å². The molecule has 0 radical (unpaired) electrons. The summed E-state index contributed by atoms with van der Waals surface area (Å²) < 4.78 is 0. The van der Waals surface area contributed by atoms with Crippen LogP contribution in [0.4, 0.5) is 0 Å². The molecule has 2 aromatic rings. The van der Waals surface area contributed by atoms with E-state index in [9.17, 15) is 5.11 Å². The molecular formula is C24H26O. The molecule has 25 heavy (non-hydrogen) atoms. The van der Waals surface area contributed by atoms with E-state index in [1.54, 1.807) is 0 Å². The summed E-state index contributed by atoms with van der Waals surface area (Å²) in [6.45, 7) is 15.3. The normalized spacial score (nSPS) is 10.2. The van der Waals surface area contributed by atoms with Gasteiger partial charge in [-0.1, -0.05) is 42.5 Å². The number of hydrogen-bond acceptors (Lipinski definition) is 1. The third-order valence-corrected chi connectivity index (χ3v) is 4.14. The van der Waals surface area contributed by atoms with E-state index in [-0.39, 0.29) is 0 Å². The largest absolute Gasteiger partial charge is 0.507 e. The summed E-state index contributed by atoms with van der Waals surface area (Å²) in [4.78, 5) is 0. The Morgan fingerprint density at radius 3 is 1.40 bits per heavy atom. The summed E-state index contributed by atoms with van der Waals surface area (Å²) in [5, 5.41) is 10.5. The molecule has 0 fully saturated rings. The number of hydrogen-bond donors (Lipinski definition) is 1. The van der Waals surface area contributed by atoms with Gasteiger partial charge in [-0.2, -0.15) is 0 Å². The maximum Gasteiger partial charge on any atom is 0.122 e. The summed E-state index contributed by atoms with van der Waals surface area (Å²) in [6.07, 6.45) is 10.4. The standard InChI is InChI=1S/C24H26O/c1-5-9-18-13-19(10-6-2)15-22(14-18)23-16-20(11-7-3)24(25)21(17-23)12-8-4/h5-8,13-17,25H,1-4,9-12H2. The molecule has 0 amide bonds. The molecule has 2 rings (SSSR count). The van der Waals surface area contributed by atoms with Gasteiger partial charge in [0.05, 0.1) is 0 Å². The Morgan fingerprint density at radius 2 is 1.00 bits per heavy atom. The SMILES string of the molecule is C=CCc1cc(CC=C)cc(-c2cc(CC=C)c(O)c(CC=C)c2)c1. The minimum atomic E-state index is 0.345. The third-order valence-electron chi connectivity index (χ3n) is 4.14. The maximum absolute atomic E-state index is 10.5. The number of benzene rings is 2. The lowest BCUT2D eigenvalue weighted by Gasteiger charge is -2.14. The quantitative estimate of drug-likeness (QED) is 0.561. The van der Waals surface area contributed by atoms with Crippen molar-refractivity contribution in [3.05, 3.63) is 103 Å². The van der Waals surface area contributed by atoms with Crippen LogP contribution in [0.1, 0.15) is 22.3 Å². The number of allylic oxidation sites excluding steroid dienone is 4. The summed E-state index contributed by atoms with van der Waals surface area (Å²) in [5.74, 6) is 0.345. The average Bonchev–Trinajstić information content (AvgIpc) is 2.59. The van der Waals surface area contributed by atoms with Crippen LogP contribution in [0, 0.1) is 0 Å². The Bertz CT molecular complexity index is 736. The van der Waals surface area contributed by atoms with Gasteiger partial charge in [0.1, 0.15) is 5.75 Å². The van der Waals surface area contributed by atoms with Crippen molar-refractivity contribution in [2.45, 2.75) is 25.7 Å². The fourth-order valence-electron chi connectivity index (χ4n) is 3.05. The first kappa shape index (κ1) is 18.5. The van der Waals surface area contributed by atoms with E-state index < -0.39 is 0 Å². The van der Waals surface area contributed by atoms with E-state index in [0.717, 1.165) is 35.1 Å². The van der Waals surface area contributed by atoms with Crippen LogP contribution in [0.15, 0.2) is 81.0 Å². The molecule has 0 atom stereocenters. The lowest BCUT2D eigenvalue weighted by molar-refractivity contribution is 0.464. The molecule has 0 aliphatic carbocycles. The zero-order chi connectivity index (χ0) is 18.2. The fourth-order valence-corrected chi connectivity index (χ4v) is 3.05. The predicted octanol–water partition coefficient (Wildman–Crippen LogP) is 5.97. The van der Waals surface area contributed by atoms with Crippen molar-refractivity contribution in [3.63, 3.8) is 0 Å². The minimum absolute atomic E-state index is 0.345. The molecule has 0 saturated carbocycles. The minimum Gasteiger partial charge on any atom is -0.507 e. The molecule has 2 aromatic carbocycles. The number of phenols is 1. The second kappa shape index (κ2) is 8.89. The van der Waals surface area contributed by atoms with Crippen molar-refractivity contribution in [1.29, 1.82) is 0 Å². The molecule has 0 saturated heterocycles. The molecule has 0 aromatic heterocycles. The second-order valence-electron chi connectivity index (χ2n) is 6.15. The smallest absolute Gasteiger partial charge is 0.122 e. The molecule has 0 aliphatic rings. The lowest BCUT2D eigenvalue weighted by Crippen LogP contribution is -1.94. The van der Waals surface area contributed by atoms with Crippen molar-refractivity contribution in [2.24, 2.45) is 0 Å². The molecule has 128 valence electrons. The van der Waals surface area contributed by atoms with Crippen LogP contribution in [0.5, 0.6) is 5.75 Å². The van der Waals surface area contributed by atoms with E-state index in [1.165, 1.54) is 11.1 Å². The summed E-state index contributed by atoms with van der Waals surface area (Å²) in [6, 6.07) is 10.7. The van der Waals surface area contributed by atoms with Crippen LogP contribution < -0.4 is 0 Å². The van der Waals surface area contributed by atoms with E-state index in [1.807, 2.05) is 36.4 Å². The number of rotatable bonds is 9. The first-order chi connectivity index (χ1) is 12.1. The van der Waals surface area contributed by atoms with Gasteiger partial charge in [-0.15, -0.1) is 26.3 Å². The third kappa shape index (κ3) is 4.60. The molecule has 1 heteroatoms. The van der Waals surface area contributed by atoms with Crippen molar-refractivity contribution in [3.8, 4) is 16.9 Å². The van der Waals surface area contributed by atoms with Gasteiger partial charge in [0.2, 0.25) is 0 Å². The van der Waals surface area contributed by atoms with Gasteiger partial charge in [-0.25, -0.2) is 0 Å². The second-order valence-corrected chi connectivity index (χ2v) is 6.15. The van der Waals surface area contributed by atoms with Crippen molar-refractivity contribution in [1.82, 2.24) is 0 Å². The predicted molar refractivity (Wildman–Crippen MR) is 109 cm³/mol. The molecule has 1 N–H and O–H groups in total. The first-order valence-electron chi connectivity index (χ1n) is 8.54. The van der Waals surface area contributed by atoms with Crippen molar-refractivity contribution < 1.29 is 5.11 Å². The van der Waals surface area contributed by atoms with Gasteiger partial charge in [-0.05, 0) is 71.2 Å². The van der Waals surface area contributed by atoms with Crippen LogP contribution in [0.3, 0.4) is 0 Å². The van der Waals surface area contributed by atoms with E-state index in [4.69, 9.17) is 0 Å². The Kier molecular flexibility index (Phi) is 6.59. The van der Waals surface area contributed by atoms with Gasteiger partial charge >= 0.3 is 0 Å². The van der Waals surface area contributed by atoms with E-state index in [2.05, 4.69) is 44.5 Å². The Balaban J connectivity index is 2.62. The highest BCUT2D eigenvalue weighted by Crippen LogP contribution is 2.32. The van der Waals surface area contributed by atoms with Crippen molar-refractivity contribution >= 4 is 0 Å². The van der Waals surface area contributed by atoms with Crippen LogP contribution in [-0.2, 0) is 25.7 Å². The zero-order valence-electron chi connectivity index (χ0n) is 14.8. The average molecular weight is 330 g/mol. The molecule has 0 aliphatic heterocycles.